The summed E-state index contributed by atoms with van der Waals surface area (Å²) in [5.74, 6) is 0. The Labute approximate surface area is 132 Å². The minimum atomic E-state index is -0.388. The maximum absolute atomic E-state index is 6.56. The van der Waals surface area contributed by atoms with E-state index in [1.807, 2.05) is 0 Å². The van der Waals surface area contributed by atoms with Crippen molar-refractivity contribution in [1.82, 2.24) is 0 Å². The molecular weight excluding hydrogens is 284 g/mol. The Balaban J connectivity index is 1.89. The van der Waals surface area contributed by atoms with E-state index in [-0.39, 0.29) is 42.9 Å². The Hall–Kier alpha value is -0.460. The van der Waals surface area contributed by atoms with Gasteiger partial charge in [-0.05, 0) is 31.3 Å². The minimum Gasteiger partial charge on any atom is -0.361 e. The van der Waals surface area contributed by atoms with Crippen LogP contribution in [0.1, 0.15) is 39.0 Å². The third-order valence-electron chi connectivity index (χ3n) is 5.72. The van der Waals surface area contributed by atoms with Crippen LogP contribution in [0.25, 0.3) is 0 Å². The number of rotatable bonds is 6. The van der Waals surface area contributed by atoms with Gasteiger partial charge in [0.2, 0.25) is 0 Å². The van der Waals surface area contributed by atoms with E-state index in [2.05, 4.69) is 13.5 Å². The fraction of sp³-hybridized carbons (Fsp3) is 0.882. The molecular formula is C17H28O5. The number of fused-ring (bicyclic) bond motifs is 1. The molecule has 2 heterocycles. The molecule has 0 aromatic rings. The summed E-state index contributed by atoms with van der Waals surface area (Å²) >= 11 is 0. The van der Waals surface area contributed by atoms with Gasteiger partial charge in [-0.1, -0.05) is 13.5 Å². The summed E-state index contributed by atoms with van der Waals surface area (Å²) in [5.41, 5.74) is 0.855. The van der Waals surface area contributed by atoms with Crippen LogP contribution >= 0.6 is 0 Å². The van der Waals surface area contributed by atoms with Gasteiger partial charge in [-0.15, -0.1) is 0 Å². The van der Waals surface area contributed by atoms with Crippen molar-refractivity contribution < 1.29 is 23.7 Å². The van der Waals surface area contributed by atoms with Gasteiger partial charge in [-0.25, -0.2) is 0 Å². The predicted octanol–water partition coefficient (Wildman–Crippen LogP) is 2.64. The molecule has 3 rings (SSSR count). The van der Waals surface area contributed by atoms with Crippen LogP contribution in [0.3, 0.4) is 0 Å². The minimum absolute atomic E-state index is 0.00246. The second-order valence-electron chi connectivity index (χ2n) is 7.02. The lowest BCUT2D eigenvalue weighted by molar-refractivity contribution is -0.247. The Morgan fingerprint density at radius 2 is 1.95 bits per heavy atom. The largest absolute Gasteiger partial charge is 0.361 e. The molecule has 5 atom stereocenters. The molecule has 5 heteroatoms. The van der Waals surface area contributed by atoms with Crippen molar-refractivity contribution in [3.05, 3.63) is 12.2 Å². The Bertz CT molecular complexity index is 425. The van der Waals surface area contributed by atoms with Crippen molar-refractivity contribution in [2.75, 3.05) is 27.8 Å². The summed E-state index contributed by atoms with van der Waals surface area (Å²) in [6, 6.07) is 0. The van der Waals surface area contributed by atoms with E-state index >= 15 is 0 Å². The van der Waals surface area contributed by atoms with E-state index in [0.29, 0.717) is 0 Å². The summed E-state index contributed by atoms with van der Waals surface area (Å²) in [6.07, 6.45) is 5.14. The summed E-state index contributed by atoms with van der Waals surface area (Å²) in [4.78, 5) is 0. The summed E-state index contributed by atoms with van der Waals surface area (Å²) in [7, 11) is 3.29. The summed E-state index contributed by atoms with van der Waals surface area (Å²) in [6.45, 7) is 7.21. The van der Waals surface area contributed by atoms with Crippen LogP contribution in [0.2, 0.25) is 0 Å². The first-order valence-corrected chi connectivity index (χ1v) is 8.14. The number of hydrogen-bond donors (Lipinski definition) is 0. The maximum atomic E-state index is 6.56. The van der Waals surface area contributed by atoms with E-state index < -0.39 is 0 Å². The first-order valence-electron chi connectivity index (χ1n) is 8.14. The Morgan fingerprint density at radius 3 is 2.68 bits per heavy atom. The van der Waals surface area contributed by atoms with Crippen molar-refractivity contribution in [2.45, 2.75) is 62.9 Å². The standard InChI is InChI=1S/C17H28O5/c1-12-6-5-7-16(2)9-14-13(20-10-18-3)8-15(21-11-19-4)17(12,16)22-14/h13-15H,1,5-11H2,2-4H3/t13-,14+,15-,16-,17+/m0/s1. The molecule has 0 radical (unpaired) electrons. The second kappa shape index (κ2) is 6.21. The molecule has 0 amide bonds. The monoisotopic (exact) mass is 312 g/mol. The van der Waals surface area contributed by atoms with Crippen molar-refractivity contribution in [3.63, 3.8) is 0 Å². The van der Waals surface area contributed by atoms with Gasteiger partial charge in [-0.2, -0.15) is 0 Å². The maximum Gasteiger partial charge on any atom is 0.146 e. The molecule has 0 N–H and O–H groups in total. The average Bonchev–Trinajstić information content (AvgIpc) is 2.77. The van der Waals surface area contributed by atoms with Crippen LogP contribution < -0.4 is 0 Å². The van der Waals surface area contributed by atoms with Crippen molar-refractivity contribution in [2.24, 2.45) is 5.41 Å². The molecule has 22 heavy (non-hydrogen) atoms. The molecule has 2 aliphatic heterocycles. The third kappa shape index (κ3) is 2.34. The molecule has 0 aromatic carbocycles. The van der Waals surface area contributed by atoms with E-state index in [4.69, 9.17) is 23.7 Å². The smallest absolute Gasteiger partial charge is 0.146 e. The molecule has 3 aliphatic rings. The zero-order valence-electron chi connectivity index (χ0n) is 13.9. The van der Waals surface area contributed by atoms with E-state index in [9.17, 15) is 0 Å². The normalized spacial score (nSPS) is 44.1. The fourth-order valence-corrected chi connectivity index (χ4v) is 4.79. The van der Waals surface area contributed by atoms with Gasteiger partial charge in [0.15, 0.2) is 0 Å². The number of hydrogen-bond acceptors (Lipinski definition) is 5. The van der Waals surface area contributed by atoms with Gasteiger partial charge < -0.3 is 23.7 Å². The lowest BCUT2D eigenvalue weighted by Crippen LogP contribution is -2.60. The predicted molar refractivity (Wildman–Crippen MR) is 81.4 cm³/mol. The average molecular weight is 312 g/mol. The quantitative estimate of drug-likeness (QED) is 0.557. The van der Waals surface area contributed by atoms with Crippen molar-refractivity contribution >= 4 is 0 Å². The highest BCUT2D eigenvalue weighted by atomic mass is 16.7. The highest BCUT2D eigenvalue weighted by Gasteiger charge is 2.67. The molecule has 1 aliphatic carbocycles. The Morgan fingerprint density at radius 1 is 1.23 bits per heavy atom. The topological polar surface area (TPSA) is 46.2 Å². The first-order chi connectivity index (χ1) is 10.6. The molecule has 5 nitrogen and oxygen atoms in total. The Kier molecular flexibility index (Phi) is 4.63. The van der Waals surface area contributed by atoms with Gasteiger partial charge in [0.05, 0.1) is 18.3 Å². The third-order valence-corrected chi connectivity index (χ3v) is 5.72. The van der Waals surface area contributed by atoms with Crippen LogP contribution in [0.15, 0.2) is 12.2 Å². The van der Waals surface area contributed by atoms with Crippen molar-refractivity contribution in [3.8, 4) is 0 Å². The van der Waals surface area contributed by atoms with Gasteiger partial charge in [0.1, 0.15) is 19.2 Å². The molecule has 2 bridgehead atoms. The van der Waals surface area contributed by atoms with Gasteiger partial charge in [-0.3, -0.25) is 0 Å². The van der Waals surface area contributed by atoms with Crippen LogP contribution in [0, 0.1) is 5.41 Å². The fourth-order valence-electron chi connectivity index (χ4n) is 4.79. The zero-order valence-corrected chi connectivity index (χ0v) is 13.9. The molecule has 126 valence electrons. The van der Waals surface area contributed by atoms with E-state index in [1.165, 1.54) is 12.0 Å². The van der Waals surface area contributed by atoms with Crippen LogP contribution in [-0.4, -0.2) is 51.7 Å². The molecule has 1 saturated carbocycles. The van der Waals surface area contributed by atoms with Crippen LogP contribution in [-0.2, 0) is 23.7 Å². The van der Waals surface area contributed by atoms with Gasteiger partial charge in [0, 0.05) is 26.1 Å². The van der Waals surface area contributed by atoms with Crippen LogP contribution in [0.4, 0.5) is 0 Å². The molecule has 3 fully saturated rings. The van der Waals surface area contributed by atoms with E-state index in [1.54, 1.807) is 14.2 Å². The van der Waals surface area contributed by atoms with Gasteiger partial charge in [0.25, 0.3) is 0 Å². The zero-order chi connectivity index (χ0) is 15.8. The summed E-state index contributed by atoms with van der Waals surface area (Å²) in [5, 5.41) is 0. The lowest BCUT2D eigenvalue weighted by atomic mass is 9.60. The van der Waals surface area contributed by atoms with E-state index in [0.717, 1.165) is 25.7 Å². The first kappa shape index (κ1) is 16.4. The SMILES string of the molecule is C=C1CCC[C@@]2(C)C[C@H]3O[C@@]12[C@@H](OCOC)C[C@@H]3OCOC. The summed E-state index contributed by atoms with van der Waals surface area (Å²) < 4.78 is 28.7. The number of methoxy groups -OCH3 is 2. The van der Waals surface area contributed by atoms with Crippen molar-refractivity contribution in [1.29, 1.82) is 0 Å². The van der Waals surface area contributed by atoms with Crippen LogP contribution in [0.5, 0.6) is 0 Å². The molecule has 1 spiro atoms. The van der Waals surface area contributed by atoms with Gasteiger partial charge >= 0.3 is 0 Å². The molecule has 2 saturated heterocycles. The second-order valence-corrected chi connectivity index (χ2v) is 7.02. The highest BCUT2D eigenvalue weighted by Crippen LogP contribution is 2.62. The number of ether oxygens (including phenoxy) is 5. The molecule has 0 unspecified atom stereocenters. The lowest BCUT2D eigenvalue weighted by Gasteiger charge is -2.53. The highest BCUT2D eigenvalue weighted by molar-refractivity contribution is 5.31. The molecule has 0 aromatic heterocycles.